The average Bonchev–Trinajstić information content (AvgIpc) is 3.45. The third-order valence-electron chi connectivity index (χ3n) is 7.90. The fraction of sp³-hybridized carbons (Fsp3) is 0.538. The standard InChI is InChI=1S/C14H19NO.C12H15NO2.BrH.ClH/c1-9-3-4-10-11-7-8-15-13(11)6-5-12(10)14(9)16-2;14-11-4-2-7-8-5-6-13-10(8)3-1-9(7)12(11)15;;/h3-4,11,13,15H,5-8H2,1-2H3;2,4,8,10,13-15H,1,3,5-6H2;2*1H/t11-,13-;8-,10-;;/m00../s1. The van der Waals surface area contributed by atoms with Gasteiger partial charge in [-0.05, 0) is 86.9 Å². The second kappa shape index (κ2) is 10.9. The molecular formula is C26H36BrClN2O3. The molecule has 2 aromatic carbocycles. The van der Waals surface area contributed by atoms with Crippen LogP contribution in [0.5, 0.6) is 17.2 Å². The number of phenolic OH excluding ortho intramolecular Hbond substituents is 2. The number of rotatable bonds is 1. The van der Waals surface area contributed by atoms with E-state index in [-0.39, 0.29) is 40.9 Å². The van der Waals surface area contributed by atoms with Gasteiger partial charge < -0.3 is 25.6 Å². The van der Waals surface area contributed by atoms with Crippen molar-refractivity contribution in [1.82, 2.24) is 10.6 Å². The first-order valence-corrected chi connectivity index (χ1v) is 11.7. The number of nitrogens with one attached hydrogen (secondary N) is 2. The number of benzene rings is 2. The topological polar surface area (TPSA) is 73.8 Å². The third kappa shape index (κ3) is 4.72. The SMILES string of the molecule is Br.COc1c(C)ccc2c1CC[C@@H]1NCC[C@@H]21.Cl.Oc1ccc2c(c1O)CC[C@@H]1NCC[C@@H]21. The molecule has 6 rings (SSSR count). The third-order valence-corrected chi connectivity index (χ3v) is 7.90. The Morgan fingerprint density at radius 3 is 1.97 bits per heavy atom. The maximum atomic E-state index is 9.79. The highest BCUT2D eigenvalue weighted by Crippen LogP contribution is 2.44. The highest BCUT2D eigenvalue weighted by atomic mass is 79.9. The molecule has 0 spiro atoms. The minimum Gasteiger partial charge on any atom is -0.504 e. The van der Waals surface area contributed by atoms with Crippen LogP contribution in [0.1, 0.15) is 65.3 Å². The van der Waals surface area contributed by atoms with Crippen molar-refractivity contribution in [2.45, 2.75) is 69.4 Å². The molecule has 2 aliphatic heterocycles. The van der Waals surface area contributed by atoms with Crippen molar-refractivity contribution >= 4 is 29.4 Å². The van der Waals surface area contributed by atoms with E-state index in [2.05, 4.69) is 29.7 Å². The normalized spacial score (nSPS) is 26.2. The number of aryl methyl sites for hydroxylation is 1. The molecule has 0 aromatic heterocycles. The summed E-state index contributed by atoms with van der Waals surface area (Å²) < 4.78 is 5.57. The fourth-order valence-corrected chi connectivity index (χ4v) is 6.39. The van der Waals surface area contributed by atoms with Gasteiger partial charge >= 0.3 is 0 Å². The monoisotopic (exact) mass is 538 g/mol. The van der Waals surface area contributed by atoms with E-state index in [4.69, 9.17) is 4.74 Å². The summed E-state index contributed by atoms with van der Waals surface area (Å²) in [4.78, 5) is 0. The molecule has 33 heavy (non-hydrogen) atoms. The number of halogens is 2. The van der Waals surface area contributed by atoms with Gasteiger partial charge in [-0.2, -0.15) is 0 Å². The molecule has 4 aliphatic rings. The molecule has 5 nitrogen and oxygen atoms in total. The lowest BCUT2D eigenvalue weighted by Gasteiger charge is -2.29. The number of phenols is 2. The first kappa shape index (κ1) is 26.1. The van der Waals surface area contributed by atoms with Crippen molar-refractivity contribution in [1.29, 1.82) is 0 Å². The van der Waals surface area contributed by atoms with Gasteiger partial charge in [0.05, 0.1) is 7.11 Å². The molecule has 0 bridgehead atoms. The van der Waals surface area contributed by atoms with Crippen molar-refractivity contribution in [2.75, 3.05) is 20.2 Å². The number of ether oxygens (including phenoxy) is 1. The van der Waals surface area contributed by atoms with Gasteiger partial charge in [0.1, 0.15) is 5.75 Å². The van der Waals surface area contributed by atoms with Gasteiger partial charge in [-0.25, -0.2) is 0 Å². The van der Waals surface area contributed by atoms with Crippen molar-refractivity contribution < 1.29 is 14.9 Å². The number of hydrogen-bond acceptors (Lipinski definition) is 5. The van der Waals surface area contributed by atoms with Crippen molar-refractivity contribution in [2.24, 2.45) is 0 Å². The van der Waals surface area contributed by atoms with E-state index in [1.54, 1.807) is 13.2 Å². The van der Waals surface area contributed by atoms with Crippen molar-refractivity contribution in [3.8, 4) is 17.2 Å². The molecule has 0 amide bonds. The minimum absolute atomic E-state index is 0. The largest absolute Gasteiger partial charge is 0.504 e. The Balaban J connectivity index is 0.000000175. The van der Waals surface area contributed by atoms with Crippen LogP contribution >= 0.6 is 29.4 Å². The van der Waals surface area contributed by atoms with Crippen LogP contribution in [0.2, 0.25) is 0 Å². The van der Waals surface area contributed by atoms with Gasteiger partial charge in [-0.15, -0.1) is 29.4 Å². The van der Waals surface area contributed by atoms with Gasteiger partial charge in [0.15, 0.2) is 11.5 Å². The zero-order valence-corrected chi connectivity index (χ0v) is 21.9. The number of hydrogen-bond donors (Lipinski definition) is 4. The van der Waals surface area contributed by atoms with E-state index in [0.717, 1.165) is 49.5 Å². The summed E-state index contributed by atoms with van der Waals surface area (Å²) in [6.45, 7) is 4.37. The second-order valence-corrected chi connectivity index (χ2v) is 9.47. The first-order valence-electron chi connectivity index (χ1n) is 11.7. The summed E-state index contributed by atoms with van der Waals surface area (Å²) in [5, 5.41) is 26.3. The van der Waals surface area contributed by atoms with E-state index in [1.807, 2.05) is 6.07 Å². The Kier molecular flexibility index (Phi) is 8.60. The van der Waals surface area contributed by atoms with E-state index in [9.17, 15) is 10.2 Å². The van der Waals surface area contributed by atoms with Crippen LogP contribution < -0.4 is 15.4 Å². The predicted octanol–water partition coefficient (Wildman–Crippen LogP) is 4.88. The lowest BCUT2D eigenvalue weighted by Crippen LogP contribution is -2.30. The molecule has 0 unspecified atom stereocenters. The summed E-state index contributed by atoms with van der Waals surface area (Å²) in [6, 6.07) is 9.37. The van der Waals surface area contributed by atoms with E-state index >= 15 is 0 Å². The number of methoxy groups -OCH3 is 1. The Hall–Kier alpha value is -1.47. The van der Waals surface area contributed by atoms with E-state index < -0.39 is 0 Å². The van der Waals surface area contributed by atoms with Crippen LogP contribution in [0, 0.1) is 6.92 Å². The second-order valence-electron chi connectivity index (χ2n) is 9.47. The smallest absolute Gasteiger partial charge is 0.160 e. The molecule has 182 valence electrons. The van der Waals surface area contributed by atoms with Crippen molar-refractivity contribution in [3.63, 3.8) is 0 Å². The molecule has 0 saturated carbocycles. The first-order chi connectivity index (χ1) is 15.1. The molecule has 0 radical (unpaired) electrons. The minimum atomic E-state index is 0. The number of fused-ring (bicyclic) bond motifs is 6. The van der Waals surface area contributed by atoms with Gasteiger partial charge in [0.25, 0.3) is 0 Å². The Labute approximate surface area is 213 Å². The van der Waals surface area contributed by atoms with Crippen LogP contribution in [0.25, 0.3) is 0 Å². The van der Waals surface area contributed by atoms with E-state index in [0.29, 0.717) is 18.0 Å². The van der Waals surface area contributed by atoms with Crippen LogP contribution in [-0.2, 0) is 12.8 Å². The maximum Gasteiger partial charge on any atom is 0.160 e. The van der Waals surface area contributed by atoms with Crippen LogP contribution in [0.3, 0.4) is 0 Å². The zero-order chi connectivity index (χ0) is 21.5. The lowest BCUT2D eigenvalue weighted by molar-refractivity contribution is 0.388. The molecule has 2 fully saturated rings. The lowest BCUT2D eigenvalue weighted by atomic mass is 9.79. The maximum absolute atomic E-state index is 9.79. The predicted molar refractivity (Wildman–Crippen MR) is 140 cm³/mol. The summed E-state index contributed by atoms with van der Waals surface area (Å²) >= 11 is 0. The average molecular weight is 540 g/mol. The summed E-state index contributed by atoms with van der Waals surface area (Å²) in [5.41, 5.74) is 6.45. The zero-order valence-electron chi connectivity index (χ0n) is 19.4. The van der Waals surface area contributed by atoms with Gasteiger partial charge in [-0.1, -0.05) is 18.2 Å². The summed E-state index contributed by atoms with van der Waals surface area (Å²) in [7, 11) is 1.79. The summed E-state index contributed by atoms with van der Waals surface area (Å²) in [6.07, 6.45) is 6.77. The van der Waals surface area contributed by atoms with Crippen molar-refractivity contribution in [3.05, 3.63) is 52.1 Å². The van der Waals surface area contributed by atoms with Crippen LogP contribution in [-0.4, -0.2) is 42.5 Å². The molecule has 2 heterocycles. The van der Waals surface area contributed by atoms with Crippen LogP contribution in [0.15, 0.2) is 24.3 Å². The van der Waals surface area contributed by atoms with Crippen LogP contribution in [0.4, 0.5) is 0 Å². The quantitative estimate of drug-likeness (QED) is 0.389. The van der Waals surface area contributed by atoms with Gasteiger partial charge in [0, 0.05) is 29.5 Å². The summed E-state index contributed by atoms with van der Waals surface area (Å²) in [5.74, 6) is 2.48. The van der Waals surface area contributed by atoms with Gasteiger partial charge in [0.2, 0.25) is 0 Å². The highest BCUT2D eigenvalue weighted by Gasteiger charge is 2.35. The number of aromatic hydroxyl groups is 2. The molecule has 4 atom stereocenters. The highest BCUT2D eigenvalue weighted by molar-refractivity contribution is 8.93. The Morgan fingerprint density at radius 2 is 1.36 bits per heavy atom. The molecule has 4 N–H and O–H groups in total. The fourth-order valence-electron chi connectivity index (χ4n) is 6.39. The van der Waals surface area contributed by atoms with E-state index in [1.165, 1.54) is 41.6 Å². The molecule has 2 aliphatic carbocycles. The molecule has 7 heteroatoms. The molecular weight excluding hydrogens is 504 g/mol. The Bertz CT molecular complexity index is 986. The molecule has 2 saturated heterocycles. The Morgan fingerprint density at radius 1 is 0.818 bits per heavy atom. The molecule has 2 aromatic rings. The van der Waals surface area contributed by atoms with Gasteiger partial charge in [-0.3, -0.25) is 0 Å².